The molecule has 0 saturated carbocycles. The van der Waals surface area contributed by atoms with Crippen molar-refractivity contribution in [3.63, 3.8) is 0 Å². The van der Waals surface area contributed by atoms with Crippen molar-refractivity contribution in [2.75, 3.05) is 26.4 Å². The molecule has 0 fully saturated rings. The maximum atomic E-state index is 5.91. The van der Waals surface area contributed by atoms with E-state index in [0.29, 0.717) is 35.6 Å². The Labute approximate surface area is 141 Å². The minimum atomic E-state index is 0.496. The van der Waals surface area contributed by atoms with E-state index in [1.165, 1.54) is 5.56 Å². The van der Waals surface area contributed by atoms with E-state index in [-0.39, 0.29) is 0 Å². The van der Waals surface area contributed by atoms with Crippen LogP contribution in [0.25, 0.3) is 0 Å². The van der Waals surface area contributed by atoms with Crippen molar-refractivity contribution < 1.29 is 14.8 Å². The molecule has 0 spiro atoms. The third-order valence-corrected chi connectivity index (χ3v) is 3.82. The van der Waals surface area contributed by atoms with Crippen molar-refractivity contribution in [2.24, 2.45) is 0 Å². The second kappa shape index (κ2) is 9.70. The maximum Gasteiger partial charge on any atom is 0.121 e. The van der Waals surface area contributed by atoms with Crippen molar-refractivity contribution in [1.82, 2.24) is 0 Å². The summed E-state index contributed by atoms with van der Waals surface area (Å²) in [5.41, 5.74) is 1.32. The maximum absolute atomic E-state index is 5.91. The number of nitrogens with two attached hydrogens (primary N) is 1. The number of halogens is 2. The Bertz CT molecular complexity index is 564. The van der Waals surface area contributed by atoms with Crippen LogP contribution in [-0.4, -0.2) is 26.4 Å². The first-order valence-electron chi connectivity index (χ1n) is 7.27. The van der Waals surface area contributed by atoms with Gasteiger partial charge < -0.3 is 14.8 Å². The average Bonchev–Trinajstić information content (AvgIpc) is 2.54. The van der Waals surface area contributed by atoms with Crippen molar-refractivity contribution in [1.29, 1.82) is 0 Å². The third-order valence-electron chi connectivity index (χ3n) is 3.08. The highest BCUT2D eigenvalue weighted by Gasteiger charge is 2.00. The number of ether oxygens (including phenoxy) is 2. The first-order chi connectivity index (χ1) is 10.8. The van der Waals surface area contributed by atoms with E-state index in [0.717, 1.165) is 13.1 Å². The standard InChI is InChI=1S/C17H19Cl2NO2/c18-16-7-6-15(12-17(16)19)22-11-10-21-9-8-20-13-14-4-2-1-3-5-14/h1-7,12,20H,8-11,13H2/p+1. The lowest BCUT2D eigenvalue weighted by Crippen LogP contribution is -2.83. The Morgan fingerprint density at radius 1 is 0.864 bits per heavy atom. The molecule has 0 bridgehead atoms. The number of quaternary nitrogens is 1. The highest BCUT2D eigenvalue weighted by Crippen LogP contribution is 2.26. The first-order valence-corrected chi connectivity index (χ1v) is 8.02. The minimum absolute atomic E-state index is 0.496. The molecule has 0 radical (unpaired) electrons. The van der Waals surface area contributed by atoms with Crippen LogP contribution in [0.4, 0.5) is 0 Å². The van der Waals surface area contributed by atoms with Crippen LogP contribution >= 0.6 is 23.2 Å². The van der Waals surface area contributed by atoms with Gasteiger partial charge in [0, 0.05) is 11.6 Å². The molecule has 0 atom stereocenters. The summed E-state index contributed by atoms with van der Waals surface area (Å²) in [6, 6.07) is 15.6. The topological polar surface area (TPSA) is 35.1 Å². The van der Waals surface area contributed by atoms with Crippen LogP contribution in [0.3, 0.4) is 0 Å². The molecule has 22 heavy (non-hydrogen) atoms. The molecule has 0 aliphatic carbocycles. The molecule has 0 unspecified atom stereocenters. The number of benzene rings is 2. The van der Waals surface area contributed by atoms with Gasteiger partial charge in [-0.15, -0.1) is 0 Å². The summed E-state index contributed by atoms with van der Waals surface area (Å²) in [5.74, 6) is 0.702. The zero-order chi connectivity index (χ0) is 15.6. The van der Waals surface area contributed by atoms with Crippen LogP contribution < -0.4 is 10.1 Å². The molecule has 5 heteroatoms. The fraction of sp³-hybridized carbons (Fsp3) is 0.294. The summed E-state index contributed by atoms with van der Waals surface area (Å²) < 4.78 is 11.1. The molecule has 0 saturated heterocycles. The van der Waals surface area contributed by atoms with Crippen LogP contribution in [0.2, 0.25) is 10.0 Å². The molecule has 0 aliphatic rings. The summed E-state index contributed by atoms with van der Waals surface area (Å²) in [4.78, 5) is 0. The quantitative estimate of drug-likeness (QED) is 0.711. The van der Waals surface area contributed by atoms with Gasteiger partial charge in [-0.25, -0.2) is 0 Å². The minimum Gasteiger partial charge on any atom is -0.491 e. The SMILES string of the molecule is Clc1ccc(OCCOCC[NH2+]Cc2ccccc2)cc1Cl. The molecule has 2 aromatic carbocycles. The molecule has 0 heterocycles. The molecular formula is C17H20Cl2NO2+. The lowest BCUT2D eigenvalue weighted by atomic mass is 10.2. The highest BCUT2D eigenvalue weighted by atomic mass is 35.5. The summed E-state index contributed by atoms with van der Waals surface area (Å²) >= 11 is 11.8. The van der Waals surface area contributed by atoms with Gasteiger partial charge in [0.15, 0.2) is 0 Å². The van der Waals surface area contributed by atoms with Gasteiger partial charge in [-0.2, -0.15) is 0 Å². The largest absolute Gasteiger partial charge is 0.491 e. The van der Waals surface area contributed by atoms with Gasteiger partial charge in [-0.1, -0.05) is 53.5 Å². The summed E-state index contributed by atoms with van der Waals surface area (Å²) in [5, 5.41) is 3.25. The zero-order valence-corrected chi connectivity index (χ0v) is 13.8. The summed E-state index contributed by atoms with van der Waals surface area (Å²) in [6.07, 6.45) is 0. The summed E-state index contributed by atoms with van der Waals surface area (Å²) in [6.45, 7) is 3.67. The Morgan fingerprint density at radius 2 is 1.68 bits per heavy atom. The van der Waals surface area contributed by atoms with Crippen molar-refractivity contribution in [2.45, 2.75) is 6.54 Å². The molecule has 2 aromatic rings. The highest BCUT2D eigenvalue weighted by molar-refractivity contribution is 6.42. The molecular weight excluding hydrogens is 321 g/mol. The van der Waals surface area contributed by atoms with Crippen LogP contribution in [-0.2, 0) is 11.3 Å². The van der Waals surface area contributed by atoms with Crippen LogP contribution in [0, 0.1) is 0 Å². The molecule has 0 aliphatic heterocycles. The Morgan fingerprint density at radius 3 is 2.45 bits per heavy atom. The monoisotopic (exact) mass is 340 g/mol. The van der Waals surface area contributed by atoms with Gasteiger partial charge in [0.2, 0.25) is 0 Å². The van der Waals surface area contributed by atoms with E-state index >= 15 is 0 Å². The molecule has 118 valence electrons. The van der Waals surface area contributed by atoms with Gasteiger partial charge in [0.25, 0.3) is 0 Å². The fourth-order valence-electron chi connectivity index (χ4n) is 1.94. The second-order valence-electron chi connectivity index (χ2n) is 4.80. The van der Waals surface area contributed by atoms with Crippen molar-refractivity contribution >= 4 is 23.2 Å². The summed E-state index contributed by atoms with van der Waals surface area (Å²) in [7, 11) is 0. The Kier molecular flexibility index (Phi) is 7.54. The lowest BCUT2D eigenvalue weighted by molar-refractivity contribution is -0.672. The Hall–Kier alpha value is -1.26. The van der Waals surface area contributed by atoms with E-state index in [1.54, 1.807) is 18.2 Å². The Balaban J connectivity index is 1.50. The normalized spacial score (nSPS) is 10.6. The lowest BCUT2D eigenvalue weighted by Gasteiger charge is -2.08. The molecule has 0 amide bonds. The van der Waals surface area contributed by atoms with E-state index in [2.05, 4.69) is 29.6 Å². The number of hydrogen-bond donors (Lipinski definition) is 1. The van der Waals surface area contributed by atoms with Gasteiger partial charge >= 0.3 is 0 Å². The van der Waals surface area contributed by atoms with E-state index in [1.807, 2.05) is 6.07 Å². The van der Waals surface area contributed by atoms with E-state index < -0.39 is 0 Å². The van der Waals surface area contributed by atoms with Crippen molar-refractivity contribution in [3.05, 3.63) is 64.1 Å². The van der Waals surface area contributed by atoms with Gasteiger partial charge in [-0.05, 0) is 12.1 Å². The average molecular weight is 341 g/mol. The first kappa shape index (κ1) is 17.1. The fourth-order valence-corrected chi connectivity index (χ4v) is 2.22. The van der Waals surface area contributed by atoms with Gasteiger partial charge in [0.1, 0.15) is 18.9 Å². The number of hydrogen-bond acceptors (Lipinski definition) is 2. The smallest absolute Gasteiger partial charge is 0.121 e. The third kappa shape index (κ3) is 6.24. The second-order valence-corrected chi connectivity index (χ2v) is 5.62. The van der Waals surface area contributed by atoms with Crippen LogP contribution in [0.5, 0.6) is 5.75 Å². The molecule has 2 N–H and O–H groups in total. The van der Waals surface area contributed by atoms with Gasteiger partial charge in [-0.3, -0.25) is 0 Å². The molecule has 2 rings (SSSR count). The zero-order valence-electron chi connectivity index (χ0n) is 12.3. The molecule has 3 nitrogen and oxygen atoms in total. The van der Waals surface area contributed by atoms with Crippen molar-refractivity contribution in [3.8, 4) is 5.75 Å². The predicted octanol–water partition coefficient (Wildman–Crippen LogP) is 3.15. The predicted molar refractivity (Wildman–Crippen MR) is 89.7 cm³/mol. The molecule has 0 aromatic heterocycles. The van der Waals surface area contributed by atoms with E-state index in [4.69, 9.17) is 32.7 Å². The van der Waals surface area contributed by atoms with Crippen LogP contribution in [0.1, 0.15) is 5.56 Å². The van der Waals surface area contributed by atoms with Crippen LogP contribution in [0.15, 0.2) is 48.5 Å². The van der Waals surface area contributed by atoms with Gasteiger partial charge in [0.05, 0.1) is 29.8 Å². The van der Waals surface area contributed by atoms with E-state index in [9.17, 15) is 0 Å². The number of rotatable bonds is 9.